The van der Waals surface area contributed by atoms with Gasteiger partial charge < -0.3 is 10.2 Å². The van der Waals surface area contributed by atoms with E-state index in [4.69, 9.17) is 5.73 Å². The third-order valence-electron chi connectivity index (χ3n) is 1.32. The Hall–Kier alpha value is -1.14. The molecule has 0 amide bonds. The van der Waals surface area contributed by atoms with E-state index in [9.17, 15) is 14.5 Å². The highest BCUT2D eigenvalue weighted by Gasteiger charge is 2.16. The van der Waals surface area contributed by atoms with E-state index in [0.717, 1.165) is 6.07 Å². The van der Waals surface area contributed by atoms with Crippen LogP contribution in [0.2, 0.25) is 0 Å². The van der Waals surface area contributed by atoms with Crippen molar-refractivity contribution in [3.63, 3.8) is 0 Å². The zero-order valence-electron chi connectivity index (χ0n) is 6.47. The first-order valence-electron chi connectivity index (χ1n) is 3.21. The largest absolute Gasteiger partial charge is 0.433 e. The minimum absolute atomic E-state index is 0. The fraction of sp³-hybridized carbons (Fsp3) is 0.333. The van der Waals surface area contributed by atoms with E-state index < -0.39 is 23.5 Å². The zero-order chi connectivity index (χ0) is 9.14. The number of hydrogen-bond acceptors (Lipinski definition) is 4. The number of halogens is 2. The molecule has 2 N–H and O–H groups in total. The highest BCUT2D eigenvalue weighted by Crippen LogP contribution is 2.20. The molecule has 1 rings (SSSR count). The smallest absolute Gasteiger partial charge is 0.404 e. The van der Waals surface area contributed by atoms with Gasteiger partial charge in [-0.25, -0.2) is 4.39 Å². The molecule has 1 aromatic rings. The van der Waals surface area contributed by atoms with Crippen molar-refractivity contribution in [2.75, 3.05) is 6.67 Å². The van der Waals surface area contributed by atoms with Gasteiger partial charge in [0, 0.05) is 0 Å². The lowest BCUT2D eigenvalue weighted by Gasteiger charge is -1.99. The lowest BCUT2D eigenvalue weighted by molar-refractivity contribution is -0.402. The molecule has 1 atom stereocenters. The van der Waals surface area contributed by atoms with Gasteiger partial charge in [0.1, 0.15) is 17.4 Å². The van der Waals surface area contributed by atoms with Crippen molar-refractivity contribution in [2.24, 2.45) is 5.73 Å². The normalized spacial score (nSPS) is 11.8. The Morgan fingerprint density at radius 1 is 1.69 bits per heavy atom. The molecule has 0 spiro atoms. The molecule has 0 aliphatic heterocycles. The van der Waals surface area contributed by atoms with Crippen LogP contribution in [0.25, 0.3) is 0 Å². The van der Waals surface area contributed by atoms with E-state index in [1.165, 1.54) is 6.07 Å². The van der Waals surface area contributed by atoms with Gasteiger partial charge in [0.05, 0.1) is 12.1 Å². The number of nitrogens with zero attached hydrogens (tertiary/aromatic N) is 1. The number of nitrogens with two attached hydrogens (primary N) is 1. The molecule has 0 radical (unpaired) electrons. The fourth-order valence-electron chi connectivity index (χ4n) is 0.716. The molecule has 1 aromatic heterocycles. The topological polar surface area (TPSA) is 82.3 Å². The van der Waals surface area contributed by atoms with Crippen LogP contribution in [-0.4, -0.2) is 11.6 Å². The summed E-state index contributed by atoms with van der Waals surface area (Å²) in [5, 5.41) is 10.1. The summed E-state index contributed by atoms with van der Waals surface area (Å²) in [6.45, 7) is -0.801. The summed E-state index contributed by atoms with van der Waals surface area (Å²) < 4.78 is 16.6. The maximum atomic E-state index is 11.9. The molecular formula is C6H8ClFN2O3. The maximum absolute atomic E-state index is 11.9. The first-order valence-corrected chi connectivity index (χ1v) is 3.21. The molecule has 74 valence electrons. The van der Waals surface area contributed by atoms with Crippen LogP contribution in [0.15, 0.2) is 16.5 Å². The van der Waals surface area contributed by atoms with E-state index in [0.29, 0.717) is 0 Å². The Bertz CT molecular complexity index is 291. The summed E-state index contributed by atoms with van der Waals surface area (Å²) in [6, 6.07) is 1.52. The molecule has 0 bridgehead atoms. The standard InChI is InChI=1S/C6H7FN2O3.ClH/c7-3-4(8)5-1-2-6(12-5)9(10)11;/h1-2,4H,3,8H2;1H/t4-;/m1./s1. The number of alkyl halides is 1. The average molecular weight is 211 g/mol. The molecule has 1 heterocycles. The molecule has 0 aromatic carbocycles. The van der Waals surface area contributed by atoms with Crippen molar-refractivity contribution >= 4 is 18.3 Å². The molecule has 5 nitrogen and oxygen atoms in total. The van der Waals surface area contributed by atoms with Crippen LogP contribution in [0.3, 0.4) is 0 Å². The van der Waals surface area contributed by atoms with Gasteiger partial charge in [0.2, 0.25) is 0 Å². The van der Waals surface area contributed by atoms with Gasteiger partial charge in [-0.05, 0) is 6.07 Å². The second-order valence-corrected chi connectivity index (χ2v) is 2.19. The molecule has 13 heavy (non-hydrogen) atoms. The van der Waals surface area contributed by atoms with Crippen LogP contribution >= 0.6 is 12.4 Å². The van der Waals surface area contributed by atoms with Gasteiger partial charge in [-0.1, -0.05) is 0 Å². The monoisotopic (exact) mass is 210 g/mol. The minimum Gasteiger partial charge on any atom is -0.404 e. The fourth-order valence-corrected chi connectivity index (χ4v) is 0.716. The Balaban J connectivity index is 0.00000144. The quantitative estimate of drug-likeness (QED) is 0.607. The summed E-state index contributed by atoms with van der Waals surface area (Å²) in [6.07, 6.45) is 0. The minimum atomic E-state index is -0.918. The third kappa shape index (κ3) is 2.67. The first-order chi connectivity index (χ1) is 5.65. The third-order valence-corrected chi connectivity index (χ3v) is 1.32. The highest BCUT2D eigenvalue weighted by molar-refractivity contribution is 5.85. The highest BCUT2D eigenvalue weighted by atomic mass is 35.5. The van der Waals surface area contributed by atoms with Crippen LogP contribution in [0, 0.1) is 10.1 Å². The lowest BCUT2D eigenvalue weighted by atomic mass is 10.3. The van der Waals surface area contributed by atoms with Gasteiger partial charge in [0.15, 0.2) is 0 Å². The predicted octanol–water partition coefficient (Wildman–Crippen LogP) is 1.58. The predicted molar refractivity (Wildman–Crippen MR) is 45.5 cm³/mol. The summed E-state index contributed by atoms with van der Waals surface area (Å²) in [5.41, 5.74) is 5.22. The Kier molecular flexibility index (Phi) is 4.36. The van der Waals surface area contributed by atoms with E-state index in [1.807, 2.05) is 0 Å². The maximum Gasteiger partial charge on any atom is 0.433 e. The molecule has 0 aliphatic carbocycles. The zero-order valence-corrected chi connectivity index (χ0v) is 7.29. The van der Waals surface area contributed by atoms with Gasteiger partial charge >= 0.3 is 5.88 Å². The van der Waals surface area contributed by atoms with Crippen molar-refractivity contribution in [3.05, 3.63) is 28.0 Å². The van der Waals surface area contributed by atoms with Crippen LogP contribution in [-0.2, 0) is 0 Å². The van der Waals surface area contributed by atoms with Gasteiger partial charge in [-0.2, -0.15) is 0 Å². The summed E-state index contributed by atoms with van der Waals surface area (Å²) in [7, 11) is 0. The Morgan fingerprint density at radius 3 is 2.69 bits per heavy atom. The second kappa shape index (κ2) is 4.78. The van der Waals surface area contributed by atoms with E-state index >= 15 is 0 Å². The second-order valence-electron chi connectivity index (χ2n) is 2.19. The van der Waals surface area contributed by atoms with Crippen LogP contribution in [0.4, 0.5) is 10.3 Å². The molecule has 0 saturated carbocycles. The Morgan fingerprint density at radius 2 is 2.31 bits per heavy atom. The average Bonchev–Trinajstić information content (AvgIpc) is 2.51. The molecule has 0 saturated heterocycles. The molecule has 7 heteroatoms. The molecule has 0 fully saturated rings. The Labute approximate surface area is 79.3 Å². The SMILES string of the molecule is Cl.N[C@H](CF)c1ccc([N+](=O)[O-])o1. The van der Waals surface area contributed by atoms with E-state index in [-0.39, 0.29) is 18.2 Å². The molecule has 0 unspecified atom stereocenters. The molecule has 0 aliphatic rings. The summed E-state index contributed by atoms with van der Waals surface area (Å²) in [5.74, 6) is -0.335. The van der Waals surface area contributed by atoms with Gasteiger partial charge in [-0.15, -0.1) is 12.4 Å². The lowest BCUT2D eigenvalue weighted by Crippen LogP contribution is -2.10. The van der Waals surface area contributed by atoms with Crippen molar-refractivity contribution in [3.8, 4) is 0 Å². The summed E-state index contributed by atoms with van der Waals surface area (Å²) >= 11 is 0. The first kappa shape index (κ1) is 11.9. The number of rotatable bonds is 3. The van der Waals surface area contributed by atoms with Gasteiger partial charge in [-0.3, -0.25) is 10.1 Å². The van der Waals surface area contributed by atoms with E-state index in [1.54, 1.807) is 0 Å². The van der Waals surface area contributed by atoms with Crippen LogP contribution < -0.4 is 5.73 Å². The number of hydrogen-bond donors (Lipinski definition) is 1. The number of furan rings is 1. The van der Waals surface area contributed by atoms with Crippen LogP contribution in [0.1, 0.15) is 11.8 Å². The van der Waals surface area contributed by atoms with Crippen LogP contribution in [0.5, 0.6) is 0 Å². The van der Waals surface area contributed by atoms with Crippen molar-refractivity contribution < 1.29 is 13.7 Å². The van der Waals surface area contributed by atoms with Gasteiger partial charge in [0.25, 0.3) is 0 Å². The van der Waals surface area contributed by atoms with Crippen molar-refractivity contribution in [1.29, 1.82) is 0 Å². The van der Waals surface area contributed by atoms with E-state index in [2.05, 4.69) is 4.42 Å². The van der Waals surface area contributed by atoms with Crippen molar-refractivity contribution in [1.82, 2.24) is 0 Å². The summed E-state index contributed by atoms with van der Waals surface area (Å²) in [4.78, 5) is 9.40. The van der Waals surface area contributed by atoms with Crippen molar-refractivity contribution in [2.45, 2.75) is 6.04 Å². The molecular weight excluding hydrogens is 203 g/mol. The number of nitro groups is 1.